The normalized spacial score (nSPS) is 10.4. The molecule has 2 aromatic rings. The smallest absolute Gasteiger partial charge is 0.170 e. The largest absolute Gasteiger partial charge is 0.490 e. The van der Waals surface area contributed by atoms with Gasteiger partial charge >= 0.3 is 0 Å². The molecule has 1 heterocycles. The highest BCUT2D eigenvalue weighted by Crippen LogP contribution is 2.28. The van der Waals surface area contributed by atoms with E-state index in [1.807, 2.05) is 38.2 Å². The number of benzene rings is 1. The molecular formula is C18H26N4O3S. The zero-order valence-electron chi connectivity index (χ0n) is 15.4. The topological polar surface area (TPSA) is 69.6 Å². The SMILES string of the molecule is CCOc1ccc(CCNC(=S)Nc2cnn(COC)c2)cc1OCC. The molecule has 8 heteroatoms. The summed E-state index contributed by atoms with van der Waals surface area (Å²) in [6.45, 7) is 6.25. The summed E-state index contributed by atoms with van der Waals surface area (Å²) in [5, 5.41) is 11.0. The zero-order valence-corrected chi connectivity index (χ0v) is 16.3. The Morgan fingerprint density at radius 1 is 1.19 bits per heavy atom. The minimum absolute atomic E-state index is 0.405. The third-order valence-corrected chi connectivity index (χ3v) is 3.71. The Labute approximate surface area is 159 Å². The highest BCUT2D eigenvalue weighted by atomic mass is 32.1. The molecule has 2 rings (SSSR count). The van der Waals surface area contributed by atoms with Gasteiger partial charge in [0.1, 0.15) is 6.73 Å². The van der Waals surface area contributed by atoms with E-state index in [0.717, 1.165) is 29.2 Å². The third kappa shape index (κ3) is 6.20. The van der Waals surface area contributed by atoms with Crippen molar-refractivity contribution in [1.29, 1.82) is 0 Å². The van der Waals surface area contributed by atoms with Gasteiger partial charge in [0.15, 0.2) is 16.6 Å². The first-order valence-electron chi connectivity index (χ1n) is 8.61. The van der Waals surface area contributed by atoms with Crippen LogP contribution < -0.4 is 20.1 Å². The van der Waals surface area contributed by atoms with E-state index in [-0.39, 0.29) is 0 Å². The molecule has 1 aromatic carbocycles. The van der Waals surface area contributed by atoms with Crippen molar-refractivity contribution < 1.29 is 14.2 Å². The number of nitrogens with one attached hydrogen (secondary N) is 2. The summed E-state index contributed by atoms with van der Waals surface area (Å²) in [7, 11) is 1.62. The van der Waals surface area contributed by atoms with Gasteiger partial charge in [0.25, 0.3) is 0 Å². The van der Waals surface area contributed by atoms with Crippen molar-refractivity contribution in [3.8, 4) is 11.5 Å². The Bertz CT molecular complexity index is 705. The van der Waals surface area contributed by atoms with Gasteiger partial charge in [0.05, 0.1) is 31.3 Å². The second kappa shape index (κ2) is 10.6. The van der Waals surface area contributed by atoms with Gasteiger partial charge in [0.2, 0.25) is 0 Å². The second-order valence-electron chi connectivity index (χ2n) is 5.46. The Hall–Kier alpha value is -2.32. The van der Waals surface area contributed by atoms with E-state index in [0.29, 0.717) is 31.6 Å². The van der Waals surface area contributed by atoms with E-state index in [4.69, 9.17) is 26.4 Å². The molecule has 1 aromatic heterocycles. The predicted octanol–water partition coefficient (Wildman–Crippen LogP) is 2.81. The standard InChI is InChI=1S/C18H26N4O3S/c1-4-24-16-7-6-14(10-17(16)25-5-2)8-9-19-18(26)21-15-11-20-22(12-15)13-23-3/h6-7,10-12H,4-5,8-9,13H2,1-3H3,(H2,19,21,26). The van der Waals surface area contributed by atoms with E-state index in [1.165, 1.54) is 0 Å². The first kappa shape index (κ1) is 20.0. The summed E-state index contributed by atoms with van der Waals surface area (Å²) >= 11 is 5.31. The maximum atomic E-state index is 5.66. The molecule has 0 aliphatic rings. The molecule has 26 heavy (non-hydrogen) atoms. The summed E-state index contributed by atoms with van der Waals surface area (Å²) in [5.74, 6) is 1.55. The van der Waals surface area contributed by atoms with Gasteiger partial charge in [-0.05, 0) is 50.2 Å². The van der Waals surface area contributed by atoms with Gasteiger partial charge in [-0.15, -0.1) is 0 Å². The number of hydrogen-bond donors (Lipinski definition) is 2. The van der Waals surface area contributed by atoms with Gasteiger partial charge < -0.3 is 24.8 Å². The first-order valence-corrected chi connectivity index (χ1v) is 9.01. The molecule has 0 radical (unpaired) electrons. The highest BCUT2D eigenvalue weighted by molar-refractivity contribution is 7.80. The quantitative estimate of drug-likeness (QED) is 0.616. The molecule has 0 aliphatic heterocycles. The number of hydrogen-bond acceptors (Lipinski definition) is 5. The summed E-state index contributed by atoms with van der Waals surface area (Å²) < 4.78 is 17.9. The number of nitrogens with zero attached hydrogens (tertiary/aromatic N) is 2. The Morgan fingerprint density at radius 3 is 2.69 bits per heavy atom. The number of ether oxygens (including phenoxy) is 3. The summed E-state index contributed by atoms with van der Waals surface area (Å²) in [4.78, 5) is 0. The highest BCUT2D eigenvalue weighted by Gasteiger charge is 2.07. The van der Waals surface area contributed by atoms with Crippen LogP contribution in [0.3, 0.4) is 0 Å². The molecule has 0 fully saturated rings. The number of methoxy groups -OCH3 is 1. The van der Waals surface area contributed by atoms with Crippen LogP contribution in [0.2, 0.25) is 0 Å². The van der Waals surface area contributed by atoms with Crippen molar-refractivity contribution in [2.45, 2.75) is 27.0 Å². The average molecular weight is 378 g/mol. The van der Waals surface area contributed by atoms with Crippen LogP contribution >= 0.6 is 12.2 Å². The van der Waals surface area contributed by atoms with Crippen LogP contribution in [-0.4, -0.2) is 41.8 Å². The third-order valence-electron chi connectivity index (χ3n) is 3.46. The lowest BCUT2D eigenvalue weighted by molar-refractivity contribution is 0.120. The van der Waals surface area contributed by atoms with Crippen molar-refractivity contribution in [2.24, 2.45) is 0 Å². The van der Waals surface area contributed by atoms with E-state index in [1.54, 1.807) is 18.0 Å². The lowest BCUT2D eigenvalue weighted by Crippen LogP contribution is -2.30. The lowest BCUT2D eigenvalue weighted by Gasteiger charge is -2.13. The summed E-state index contributed by atoms with van der Waals surface area (Å²) in [5.41, 5.74) is 1.97. The molecule has 7 nitrogen and oxygen atoms in total. The molecule has 0 amide bonds. The van der Waals surface area contributed by atoms with Crippen LogP contribution in [0.5, 0.6) is 11.5 Å². The molecule has 0 unspecified atom stereocenters. The van der Waals surface area contributed by atoms with Crippen LogP contribution in [0.1, 0.15) is 19.4 Å². The molecule has 0 aliphatic carbocycles. The van der Waals surface area contributed by atoms with E-state index >= 15 is 0 Å². The van der Waals surface area contributed by atoms with E-state index in [2.05, 4.69) is 15.7 Å². The van der Waals surface area contributed by atoms with Crippen molar-refractivity contribution in [1.82, 2.24) is 15.1 Å². The van der Waals surface area contributed by atoms with Crippen LogP contribution in [0.15, 0.2) is 30.6 Å². The lowest BCUT2D eigenvalue weighted by atomic mass is 10.1. The molecular weight excluding hydrogens is 352 g/mol. The van der Waals surface area contributed by atoms with Crippen molar-refractivity contribution in [3.63, 3.8) is 0 Å². The minimum Gasteiger partial charge on any atom is -0.490 e. The molecule has 2 N–H and O–H groups in total. The average Bonchev–Trinajstić information content (AvgIpc) is 3.05. The Kier molecular flexibility index (Phi) is 8.17. The maximum absolute atomic E-state index is 5.66. The maximum Gasteiger partial charge on any atom is 0.170 e. The van der Waals surface area contributed by atoms with Crippen LogP contribution in [0, 0.1) is 0 Å². The molecule has 0 spiro atoms. The fourth-order valence-corrected chi connectivity index (χ4v) is 2.60. The Balaban J connectivity index is 1.82. The molecule has 142 valence electrons. The van der Waals surface area contributed by atoms with Crippen LogP contribution in [0.4, 0.5) is 5.69 Å². The molecule has 0 atom stereocenters. The first-order chi connectivity index (χ1) is 12.7. The zero-order chi connectivity index (χ0) is 18.8. The van der Waals surface area contributed by atoms with Crippen molar-refractivity contribution in [2.75, 3.05) is 32.2 Å². The Morgan fingerprint density at radius 2 is 1.96 bits per heavy atom. The summed E-state index contributed by atoms with van der Waals surface area (Å²) in [6, 6.07) is 6.01. The summed E-state index contributed by atoms with van der Waals surface area (Å²) in [6.07, 6.45) is 4.35. The van der Waals surface area contributed by atoms with Crippen LogP contribution in [-0.2, 0) is 17.9 Å². The minimum atomic E-state index is 0.405. The van der Waals surface area contributed by atoms with Gasteiger partial charge in [-0.1, -0.05) is 6.07 Å². The predicted molar refractivity (Wildman–Crippen MR) is 106 cm³/mol. The fraction of sp³-hybridized carbons (Fsp3) is 0.444. The molecule has 0 saturated carbocycles. The van der Waals surface area contributed by atoms with E-state index in [9.17, 15) is 0 Å². The van der Waals surface area contributed by atoms with Gasteiger partial charge in [0, 0.05) is 13.7 Å². The number of aromatic nitrogens is 2. The number of thiocarbonyl (C=S) groups is 1. The van der Waals surface area contributed by atoms with Crippen molar-refractivity contribution in [3.05, 3.63) is 36.2 Å². The fourth-order valence-electron chi connectivity index (χ4n) is 2.38. The van der Waals surface area contributed by atoms with E-state index < -0.39 is 0 Å². The number of anilines is 1. The monoisotopic (exact) mass is 378 g/mol. The van der Waals surface area contributed by atoms with Crippen molar-refractivity contribution >= 4 is 23.0 Å². The molecule has 0 bridgehead atoms. The number of rotatable bonds is 10. The van der Waals surface area contributed by atoms with Gasteiger partial charge in [-0.3, -0.25) is 0 Å². The van der Waals surface area contributed by atoms with Gasteiger partial charge in [-0.25, -0.2) is 4.68 Å². The second-order valence-corrected chi connectivity index (χ2v) is 5.87. The molecule has 0 saturated heterocycles. The van der Waals surface area contributed by atoms with Gasteiger partial charge in [-0.2, -0.15) is 5.10 Å². The van der Waals surface area contributed by atoms with Crippen LogP contribution in [0.25, 0.3) is 0 Å².